The van der Waals surface area contributed by atoms with Gasteiger partial charge in [0.05, 0.1) is 13.2 Å². The fourth-order valence-electron chi connectivity index (χ4n) is 2.79. The van der Waals surface area contributed by atoms with Gasteiger partial charge in [-0.25, -0.2) is 0 Å². The highest BCUT2D eigenvalue weighted by Crippen LogP contribution is 2.12. The van der Waals surface area contributed by atoms with Crippen LogP contribution >= 0.6 is 0 Å². The van der Waals surface area contributed by atoms with Crippen LogP contribution < -0.4 is 0 Å². The van der Waals surface area contributed by atoms with E-state index in [-0.39, 0.29) is 12.3 Å². The van der Waals surface area contributed by atoms with Gasteiger partial charge < -0.3 is 9.47 Å². The molecule has 0 saturated carbocycles. The van der Waals surface area contributed by atoms with Gasteiger partial charge in [-0.2, -0.15) is 0 Å². The van der Waals surface area contributed by atoms with Crippen molar-refractivity contribution in [3.05, 3.63) is 0 Å². The molecule has 0 bridgehead atoms. The van der Waals surface area contributed by atoms with Crippen molar-refractivity contribution in [2.24, 2.45) is 5.92 Å². The molecule has 154 valence electrons. The first-order chi connectivity index (χ1) is 12.6. The van der Waals surface area contributed by atoms with Crippen molar-refractivity contribution < 1.29 is 19.1 Å². The summed E-state index contributed by atoms with van der Waals surface area (Å²) >= 11 is 0. The number of carbonyl (C=O) groups is 2. The van der Waals surface area contributed by atoms with Crippen LogP contribution in [0.4, 0.5) is 0 Å². The maximum atomic E-state index is 11.5. The highest BCUT2D eigenvalue weighted by atomic mass is 16.6. The second-order valence-electron chi connectivity index (χ2n) is 7.72. The number of rotatable bonds is 18. The molecule has 0 aromatic carbocycles. The zero-order valence-corrected chi connectivity index (χ0v) is 17.5. The molecule has 0 rings (SSSR count). The van der Waals surface area contributed by atoms with Gasteiger partial charge in [-0.05, 0) is 12.3 Å². The number of esters is 2. The van der Waals surface area contributed by atoms with Crippen LogP contribution in [0, 0.1) is 5.92 Å². The Kier molecular flexibility index (Phi) is 18.0. The molecule has 0 amide bonds. The van der Waals surface area contributed by atoms with E-state index >= 15 is 0 Å². The van der Waals surface area contributed by atoms with E-state index in [0.717, 1.165) is 12.8 Å². The molecular weight excluding hydrogens is 328 g/mol. The highest BCUT2D eigenvalue weighted by Gasteiger charge is 2.12. The van der Waals surface area contributed by atoms with Crippen LogP contribution in [-0.4, -0.2) is 25.2 Å². The summed E-state index contributed by atoms with van der Waals surface area (Å²) in [5, 5.41) is 0. The summed E-state index contributed by atoms with van der Waals surface area (Å²) in [5.41, 5.74) is 0. The van der Waals surface area contributed by atoms with Crippen molar-refractivity contribution in [1.82, 2.24) is 0 Å². The average molecular weight is 371 g/mol. The SMILES string of the molecule is CCCCCCCCCCCCCCCOC(=O)CC(=O)OCC(C)C. The van der Waals surface area contributed by atoms with Gasteiger partial charge in [-0.3, -0.25) is 9.59 Å². The quantitative estimate of drug-likeness (QED) is 0.163. The van der Waals surface area contributed by atoms with Gasteiger partial charge in [-0.1, -0.05) is 97.8 Å². The zero-order valence-electron chi connectivity index (χ0n) is 17.5. The molecule has 0 fully saturated rings. The van der Waals surface area contributed by atoms with Gasteiger partial charge in [0.15, 0.2) is 0 Å². The molecule has 0 spiro atoms. The van der Waals surface area contributed by atoms with Gasteiger partial charge in [0.25, 0.3) is 0 Å². The summed E-state index contributed by atoms with van der Waals surface area (Å²) in [7, 11) is 0. The number of unbranched alkanes of at least 4 members (excludes halogenated alkanes) is 12. The van der Waals surface area contributed by atoms with Gasteiger partial charge in [-0.15, -0.1) is 0 Å². The first-order valence-corrected chi connectivity index (χ1v) is 10.9. The third kappa shape index (κ3) is 19.3. The lowest BCUT2D eigenvalue weighted by atomic mass is 10.0. The minimum absolute atomic E-state index is 0.273. The Hall–Kier alpha value is -1.06. The number of ether oxygens (including phenoxy) is 2. The van der Waals surface area contributed by atoms with Crippen LogP contribution in [0.3, 0.4) is 0 Å². The van der Waals surface area contributed by atoms with Crippen LogP contribution in [0.2, 0.25) is 0 Å². The van der Waals surface area contributed by atoms with Gasteiger partial charge in [0.1, 0.15) is 6.42 Å². The van der Waals surface area contributed by atoms with E-state index in [1.807, 2.05) is 13.8 Å². The Morgan fingerprint density at radius 2 is 1.08 bits per heavy atom. The first-order valence-electron chi connectivity index (χ1n) is 10.9. The second kappa shape index (κ2) is 18.7. The summed E-state index contributed by atoms with van der Waals surface area (Å²) < 4.78 is 10.0. The Morgan fingerprint density at radius 1 is 0.654 bits per heavy atom. The molecule has 0 radical (unpaired) electrons. The lowest BCUT2D eigenvalue weighted by molar-refractivity contribution is -0.155. The highest BCUT2D eigenvalue weighted by molar-refractivity contribution is 5.91. The van der Waals surface area contributed by atoms with E-state index in [2.05, 4.69) is 6.92 Å². The molecule has 0 saturated heterocycles. The predicted octanol–water partition coefficient (Wildman–Crippen LogP) is 6.21. The van der Waals surface area contributed by atoms with Gasteiger partial charge in [0, 0.05) is 0 Å². The van der Waals surface area contributed by atoms with Crippen molar-refractivity contribution in [2.75, 3.05) is 13.2 Å². The van der Waals surface area contributed by atoms with Crippen molar-refractivity contribution in [1.29, 1.82) is 0 Å². The summed E-state index contributed by atoms with van der Waals surface area (Å²) in [6.45, 7) is 6.94. The molecule has 0 aliphatic carbocycles. The molecule has 4 heteroatoms. The van der Waals surface area contributed by atoms with E-state index < -0.39 is 11.9 Å². The maximum absolute atomic E-state index is 11.5. The fraction of sp³-hybridized carbons (Fsp3) is 0.909. The first kappa shape index (κ1) is 24.9. The maximum Gasteiger partial charge on any atom is 0.317 e. The monoisotopic (exact) mass is 370 g/mol. The second-order valence-corrected chi connectivity index (χ2v) is 7.72. The Labute approximate surface area is 161 Å². The normalized spacial score (nSPS) is 10.9. The smallest absolute Gasteiger partial charge is 0.317 e. The van der Waals surface area contributed by atoms with Crippen LogP contribution in [0.1, 0.15) is 111 Å². The number of carbonyl (C=O) groups excluding carboxylic acids is 2. The Bertz CT molecular complexity index is 339. The topological polar surface area (TPSA) is 52.6 Å². The lowest BCUT2D eigenvalue weighted by Crippen LogP contribution is -2.16. The third-order valence-electron chi connectivity index (χ3n) is 4.38. The third-order valence-corrected chi connectivity index (χ3v) is 4.38. The number of hydrogen-bond acceptors (Lipinski definition) is 4. The summed E-state index contributed by atoms with van der Waals surface area (Å²) in [5.74, 6) is -0.687. The van der Waals surface area contributed by atoms with Crippen LogP contribution in [0.5, 0.6) is 0 Å². The summed E-state index contributed by atoms with van der Waals surface area (Å²) in [4.78, 5) is 22.9. The standard InChI is InChI=1S/C22H42O4/c1-4-5-6-7-8-9-10-11-12-13-14-15-16-17-25-21(23)18-22(24)26-19-20(2)3/h20H,4-19H2,1-3H3. The van der Waals surface area contributed by atoms with Crippen molar-refractivity contribution >= 4 is 11.9 Å². The molecular formula is C22H42O4. The molecule has 26 heavy (non-hydrogen) atoms. The predicted molar refractivity (Wildman–Crippen MR) is 107 cm³/mol. The zero-order chi connectivity index (χ0) is 19.5. The van der Waals surface area contributed by atoms with Gasteiger partial charge in [0.2, 0.25) is 0 Å². The van der Waals surface area contributed by atoms with E-state index in [1.54, 1.807) is 0 Å². The minimum atomic E-state index is -0.492. The molecule has 4 nitrogen and oxygen atoms in total. The van der Waals surface area contributed by atoms with Crippen molar-refractivity contribution in [2.45, 2.75) is 111 Å². The fourth-order valence-corrected chi connectivity index (χ4v) is 2.79. The van der Waals surface area contributed by atoms with Crippen LogP contribution in [0.25, 0.3) is 0 Å². The molecule has 0 unspecified atom stereocenters. The van der Waals surface area contributed by atoms with Crippen LogP contribution in [0.15, 0.2) is 0 Å². The minimum Gasteiger partial charge on any atom is -0.465 e. The van der Waals surface area contributed by atoms with Crippen molar-refractivity contribution in [3.63, 3.8) is 0 Å². The Balaban J connectivity index is 3.25. The summed E-state index contributed by atoms with van der Waals surface area (Å²) in [6, 6.07) is 0. The lowest BCUT2D eigenvalue weighted by Gasteiger charge is -2.07. The van der Waals surface area contributed by atoms with Crippen molar-refractivity contribution in [3.8, 4) is 0 Å². The van der Waals surface area contributed by atoms with Gasteiger partial charge >= 0.3 is 11.9 Å². The van der Waals surface area contributed by atoms with E-state index in [1.165, 1.54) is 70.6 Å². The largest absolute Gasteiger partial charge is 0.465 e. The number of hydrogen-bond donors (Lipinski definition) is 0. The average Bonchev–Trinajstić information content (AvgIpc) is 2.60. The molecule has 0 aliphatic rings. The Morgan fingerprint density at radius 3 is 1.54 bits per heavy atom. The molecule has 0 atom stereocenters. The van der Waals surface area contributed by atoms with E-state index in [0.29, 0.717) is 13.2 Å². The van der Waals surface area contributed by atoms with E-state index in [4.69, 9.17) is 9.47 Å². The molecule has 0 aliphatic heterocycles. The summed E-state index contributed by atoms with van der Waals surface area (Å²) in [6.07, 6.45) is 16.5. The van der Waals surface area contributed by atoms with E-state index in [9.17, 15) is 9.59 Å². The molecule has 0 heterocycles. The molecule has 0 aromatic heterocycles. The molecule has 0 N–H and O–H groups in total. The van der Waals surface area contributed by atoms with Crippen LogP contribution in [-0.2, 0) is 19.1 Å². The molecule has 0 aromatic rings.